The van der Waals surface area contributed by atoms with Crippen LogP contribution in [0.15, 0.2) is 42.5 Å². The van der Waals surface area contributed by atoms with Crippen molar-refractivity contribution in [1.29, 1.82) is 0 Å². The number of aldehydes is 1. The monoisotopic (exact) mass is 517 g/mol. The van der Waals surface area contributed by atoms with Gasteiger partial charge >= 0.3 is 33.6 Å². The van der Waals surface area contributed by atoms with E-state index < -0.39 is 18.2 Å². The summed E-state index contributed by atoms with van der Waals surface area (Å²) in [7, 11) is 0. The summed E-state index contributed by atoms with van der Waals surface area (Å²) in [6, 6.07) is 13.0. The Morgan fingerprint density at radius 1 is 1.17 bits per heavy atom. The van der Waals surface area contributed by atoms with Gasteiger partial charge in [-0.3, -0.25) is 9.59 Å². The number of benzene rings is 1. The fourth-order valence-electron chi connectivity index (χ4n) is 1.97. The van der Waals surface area contributed by atoms with Gasteiger partial charge in [0.1, 0.15) is 0 Å². The summed E-state index contributed by atoms with van der Waals surface area (Å²) >= 11 is 0. The molecular weight excluding hydrogens is 499 g/mol. The molecule has 1 unspecified atom stereocenters. The summed E-state index contributed by atoms with van der Waals surface area (Å²) < 4.78 is 6.65. The number of esters is 1. The van der Waals surface area contributed by atoms with Crippen LogP contribution in [0.25, 0.3) is 11.3 Å². The van der Waals surface area contributed by atoms with E-state index in [-0.39, 0.29) is 27.7 Å². The van der Waals surface area contributed by atoms with E-state index in [4.69, 9.17) is 14.6 Å². The fraction of sp³-hybridized carbons (Fsp3) is 0.176. The predicted octanol–water partition coefficient (Wildman–Crippen LogP) is 1.62. The molecule has 0 saturated heterocycles. The molecule has 0 aliphatic carbocycles. The smallest absolute Gasteiger partial charge is 0.550 e. The molecule has 0 spiro atoms. The number of aliphatic carboxylic acids is 1. The number of ether oxygens (including phenoxy) is 1. The minimum Gasteiger partial charge on any atom is -0.550 e. The molecule has 6 nitrogen and oxygen atoms in total. The van der Waals surface area contributed by atoms with Crippen molar-refractivity contribution in [2.45, 2.75) is 20.1 Å². The first-order valence-corrected chi connectivity index (χ1v) is 6.76. The maximum atomic E-state index is 11.1. The van der Waals surface area contributed by atoms with Crippen LogP contribution in [-0.2, 0) is 42.0 Å². The van der Waals surface area contributed by atoms with Crippen molar-refractivity contribution in [1.82, 2.24) is 4.57 Å². The van der Waals surface area contributed by atoms with E-state index in [2.05, 4.69) is 6.92 Å². The van der Waals surface area contributed by atoms with Gasteiger partial charge in [0.2, 0.25) is 0 Å². The van der Waals surface area contributed by atoms with Crippen molar-refractivity contribution in [3.8, 4) is 11.3 Å². The van der Waals surface area contributed by atoms with E-state index in [0.29, 0.717) is 12.0 Å². The standard InChI is InChI=1S/C15H14NO3.C2H4O2.Hg/c1-11(19-12(2)18)16-14(10-17)8-9-15(16)13-6-4-3-5-7-13;1-2(3)4;/h3-11H,1H2,2H3;1H3,(H,3,4);/q;;+1/p-1. The third-order valence-electron chi connectivity index (χ3n) is 2.73. The molecule has 2 radical (unpaired) electrons. The molecule has 7 heteroatoms. The summed E-state index contributed by atoms with van der Waals surface area (Å²) in [5, 5.41) is 8.89. The zero-order chi connectivity index (χ0) is 17.4. The topological polar surface area (TPSA) is 88.4 Å². The number of nitrogens with zero attached hydrogens (tertiary/aromatic N) is 1. The summed E-state index contributed by atoms with van der Waals surface area (Å²) in [5.41, 5.74) is 2.13. The number of carbonyl (C=O) groups is 3. The van der Waals surface area contributed by atoms with Gasteiger partial charge in [-0.05, 0) is 24.6 Å². The van der Waals surface area contributed by atoms with Crippen LogP contribution in [-0.4, -0.2) is 22.8 Å². The molecule has 0 saturated carbocycles. The molecule has 24 heavy (non-hydrogen) atoms. The average Bonchev–Trinajstić information content (AvgIpc) is 2.90. The molecule has 1 atom stereocenters. The number of hydrogen-bond acceptors (Lipinski definition) is 5. The fourth-order valence-corrected chi connectivity index (χ4v) is 1.97. The van der Waals surface area contributed by atoms with Crippen molar-refractivity contribution in [3.05, 3.63) is 55.1 Å². The van der Waals surface area contributed by atoms with Crippen molar-refractivity contribution >= 4 is 18.2 Å². The first kappa shape index (κ1) is 22.0. The van der Waals surface area contributed by atoms with Gasteiger partial charge in [0.15, 0.2) is 12.5 Å². The molecule has 1 aromatic carbocycles. The van der Waals surface area contributed by atoms with Crippen LogP contribution in [0.2, 0.25) is 0 Å². The maximum absolute atomic E-state index is 11.1. The number of carbonyl (C=O) groups excluding carboxylic acids is 3. The second-order valence-electron chi connectivity index (χ2n) is 4.55. The third kappa shape index (κ3) is 6.66. The Labute approximate surface area is 160 Å². The molecule has 0 amide bonds. The number of hydrogen-bond donors (Lipinski definition) is 0. The summed E-state index contributed by atoms with van der Waals surface area (Å²) in [6.07, 6.45) is -0.0587. The van der Waals surface area contributed by atoms with Crippen molar-refractivity contribution in [2.75, 3.05) is 0 Å². The third-order valence-corrected chi connectivity index (χ3v) is 2.73. The first-order valence-electron chi connectivity index (χ1n) is 6.76. The van der Waals surface area contributed by atoms with Crippen molar-refractivity contribution in [2.24, 2.45) is 0 Å². The quantitative estimate of drug-likeness (QED) is 0.351. The van der Waals surface area contributed by atoms with Crippen molar-refractivity contribution in [3.63, 3.8) is 0 Å². The van der Waals surface area contributed by atoms with Gasteiger partial charge in [-0.2, -0.15) is 0 Å². The minimum atomic E-state index is -1.08. The summed E-state index contributed by atoms with van der Waals surface area (Å²) in [4.78, 5) is 31.0. The Hall–Kier alpha value is -1.95. The molecular formula is C17H17HgNO5. The molecule has 2 rings (SSSR count). The molecule has 1 heterocycles. The summed E-state index contributed by atoms with van der Waals surface area (Å²) in [6.45, 7) is 6.06. The molecule has 1 aromatic heterocycles. The SMILES string of the molecule is CC(=O)[O-].[CH2]C(OC(C)=O)n1c(C=O)ccc1-c1ccccc1.[Hg+]. The second kappa shape index (κ2) is 10.8. The van der Waals surface area contributed by atoms with Crippen LogP contribution in [0.5, 0.6) is 0 Å². The Morgan fingerprint density at radius 3 is 2.17 bits per heavy atom. The first-order chi connectivity index (χ1) is 10.9. The molecule has 0 aliphatic heterocycles. The van der Waals surface area contributed by atoms with Gasteiger partial charge in [-0.25, -0.2) is 0 Å². The average molecular weight is 516 g/mol. The molecule has 0 fully saturated rings. The van der Waals surface area contributed by atoms with Crippen LogP contribution in [0.4, 0.5) is 0 Å². The van der Waals surface area contributed by atoms with E-state index in [1.807, 2.05) is 30.3 Å². The Bertz CT molecular complexity index is 678. The van der Waals surface area contributed by atoms with E-state index in [9.17, 15) is 9.59 Å². The van der Waals surface area contributed by atoms with Crippen LogP contribution >= 0.6 is 0 Å². The van der Waals surface area contributed by atoms with Gasteiger partial charge in [-0.15, -0.1) is 0 Å². The van der Waals surface area contributed by atoms with Crippen LogP contribution in [0.3, 0.4) is 0 Å². The second-order valence-corrected chi connectivity index (χ2v) is 4.55. The zero-order valence-corrected chi connectivity index (χ0v) is 19.1. The van der Waals surface area contributed by atoms with Crippen molar-refractivity contribution < 1.29 is 51.9 Å². The van der Waals surface area contributed by atoms with Crippen LogP contribution < -0.4 is 5.11 Å². The predicted molar refractivity (Wildman–Crippen MR) is 82.1 cm³/mol. The Morgan fingerprint density at radius 2 is 1.71 bits per heavy atom. The van der Waals surface area contributed by atoms with Gasteiger partial charge in [0, 0.05) is 19.8 Å². The maximum Gasteiger partial charge on any atom is 1.00 e. The Balaban J connectivity index is 0.000000954. The largest absolute Gasteiger partial charge is 1.00 e. The number of carboxylic acid groups (broad SMARTS) is 1. The number of carboxylic acids is 1. The summed E-state index contributed by atoms with van der Waals surface area (Å²) in [5.74, 6) is -1.52. The number of rotatable bonds is 4. The van der Waals surface area contributed by atoms with Crippen LogP contribution in [0, 0.1) is 6.92 Å². The molecule has 122 valence electrons. The molecule has 2 aromatic rings. The van der Waals surface area contributed by atoms with E-state index in [1.165, 1.54) is 6.92 Å². The van der Waals surface area contributed by atoms with Gasteiger partial charge in [0.25, 0.3) is 0 Å². The van der Waals surface area contributed by atoms with E-state index in [1.54, 1.807) is 16.7 Å². The molecule has 0 bridgehead atoms. The van der Waals surface area contributed by atoms with Crippen LogP contribution in [0.1, 0.15) is 30.6 Å². The molecule has 0 aliphatic rings. The normalized spacial score (nSPS) is 10.5. The van der Waals surface area contributed by atoms with Gasteiger partial charge < -0.3 is 19.2 Å². The Kier molecular flexibility index (Phi) is 9.88. The van der Waals surface area contributed by atoms with E-state index >= 15 is 0 Å². The van der Waals surface area contributed by atoms with Gasteiger partial charge in [-0.1, -0.05) is 30.3 Å². The molecule has 0 N–H and O–H groups in total. The van der Waals surface area contributed by atoms with Gasteiger partial charge in [0.05, 0.1) is 11.4 Å². The number of aromatic nitrogens is 1. The minimum absolute atomic E-state index is 0. The van der Waals surface area contributed by atoms with E-state index in [0.717, 1.165) is 18.2 Å². The zero-order valence-electron chi connectivity index (χ0n) is 13.6.